The smallest absolute Gasteiger partial charge is 0.354 e. The molecule has 1 N–H and O–H groups in total. The van der Waals surface area contributed by atoms with E-state index in [1.54, 1.807) is 24.3 Å². The first-order chi connectivity index (χ1) is 8.08. The summed E-state index contributed by atoms with van der Waals surface area (Å²) in [4.78, 5) is 14.5. The molecule has 86 valence electrons. The molecule has 0 spiro atoms. The second-order valence-electron chi connectivity index (χ2n) is 3.34. The van der Waals surface area contributed by atoms with E-state index in [-0.39, 0.29) is 11.4 Å². The van der Waals surface area contributed by atoms with Gasteiger partial charge in [-0.1, -0.05) is 23.7 Å². The second-order valence-corrected chi connectivity index (χ2v) is 3.78. The quantitative estimate of drug-likeness (QED) is 0.891. The molecule has 5 heteroatoms. The van der Waals surface area contributed by atoms with Crippen molar-refractivity contribution in [2.45, 2.75) is 0 Å². The maximum Gasteiger partial charge on any atom is 0.354 e. The topological polar surface area (TPSA) is 50.2 Å². The lowest BCUT2D eigenvalue weighted by molar-refractivity contribution is 0.0690. The van der Waals surface area contributed by atoms with Gasteiger partial charge in [0.1, 0.15) is 17.2 Å². The van der Waals surface area contributed by atoms with Crippen LogP contribution in [0.1, 0.15) is 10.5 Å². The molecule has 0 aliphatic carbocycles. The number of carbonyl (C=O) groups is 1. The number of aromatic carboxylic acids is 1. The van der Waals surface area contributed by atoms with E-state index < -0.39 is 11.8 Å². The maximum absolute atomic E-state index is 13.5. The zero-order chi connectivity index (χ0) is 12.4. The van der Waals surface area contributed by atoms with Crippen molar-refractivity contribution >= 4 is 17.6 Å². The minimum absolute atomic E-state index is 0.00145. The van der Waals surface area contributed by atoms with Gasteiger partial charge in [-0.15, -0.1) is 0 Å². The summed E-state index contributed by atoms with van der Waals surface area (Å²) in [5.41, 5.74) is 0.285. The summed E-state index contributed by atoms with van der Waals surface area (Å²) in [7, 11) is 0. The zero-order valence-electron chi connectivity index (χ0n) is 8.52. The fraction of sp³-hybridized carbons (Fsp3) is 0. The van der Waals surface area contributed by atoms with Crippen molar-refractivity contribution in [1.82, 2.24) is 4.98 Å². The standard InChI is InChI=1S/C12H7ClFNO2/c13-8-3-1-7(2-4-8)11-9(14)5-6-10(15-11)12(16)17/h1-6H,(H,16,17). The number of hydrogen-bond donors (Lipinski definition) is 1. The molecule has 0 aliphatic rings. The Morgan fingerprint density at radius 3 is 2.41 bits per heavy atom. The lowest BCUT2D eigenvalue weighted by Crippen LogP contribution is -2.02. The van der Waals surface area contributed by atoms with Crippen LogP contribution >= 0.6 is 11.6 Å². The summed E-state index contributed by atoms with van der Waals surface area (Å²) in [6, 6.07) is 8.55. The Bertz CT molecular complexity index is 569. The number of halogens is 2. The molecule has 0 unspecified atom stereocenters. The molecule has 17 heavy (non-hydrogen) atoms. The molecule has 0 fully saturated rings. The third-order valence-corrected chi connectivity index (χ3v) is 2.43. The van der Waals surface area contributed by atoms with E-state index in [1.165, 1.54) is 0 Å². The van der Waals surface area contributed by atoms with Crippen LogP contribution in [0.3, 0.4) is 0 Å². The van der Waals surface area contributed by atoms with Crippen molar-refractivity contribution < 1.29 is 14.3 Å². The first-order valence-corrected chi connectivity index (χ1v) is 5.11. The summed E-state index contributed by atoms with van der Waals surface area (Å²) in [5.74, 6) is -1.77. The number of aromatic nitrogens is 1. The number of carboxylic acids is 1. The van der Waals surface area contributed by atoms with Crippen LogP contribution in [0, 0.1) is 5.82 Å². The van der Waals surface area contributed by atoms with E-state index >= 15 is 0 Å². The van der Waals surface area contributed by atoms with Gasteiger partial charge in [0, 0.05) is 10.6 Å². The first kappa shape index (κ1) is 11.5. The van der Waals surface area contributed by atoms with Crippen LogP contribution < -0.4 is 0 Å². The molecule has 2 aromatic rings. The molecule has 0 atom stereocenters. The Morgan fingerprint density at radius 2 is 1.82 bits per heavy atom. The van der Waals surface area contributed by atoms with Crippen LogP contribution in [0.5, 0.6) is 0 Å². The van der Waals surface area contributed by atoms with Crippen LogP contribution in [0.25, 0.3) is 11.3 Å². The summed E-state index contributed by atoms with van der Waals surface area (Å²) in [5, 5.41) is 9.30. The van der Waals surface area contributed by atoms with Crippen molar-refractivity contribution in [1.29, 1.82) is 0 Å². The molecule has 1 aromatic carbocycles. The molecule has 0 aliphatic heterocycles. The van der Waals surface area contributed by atoms with Gasteiger partial charge in [-0.05, 0) is 24.3 Å². The molecule has 2 rings (SSSR count). The Balaban J connectivity index is 2.54. The van der Waals surface area contributed by atoms with E-state index in [9.17, 15) is 9.18 Å². The summed E-state index contributed by atoms with van der Waals surface area (Å²) in [6.07, 6.45) is 0. The Labute approximate surface area is 101 Å². The van der Waals surface area contributed by atoms with E-state index in [0.717, 1.165) is 12.1 Å². The summed E-state index contributed by atoms with van der Waals surface area (Å²) < 4.78 is 13.5. The largest absolute Gasteiger partial charge is 0.477 e. The molecular weight excluding hydrogens is 245 g/mol. The monoisotopic (exact) mass is 251 g/mol. The van der Waals surface area contributed by atoms with Gasteiger partial charge in [0.15, 0.2) is 0 Å². The fourth-order valence-corrected chi connectivity index (χ4v) is 1.50. The van der Waals surface area contributed by atoms with Gasteiger partial charge in [0.25, 0.3) is 0 Å². The highest BCUT2D eigenvalue weighted by molar-refractivity contribution is 6.30. The number of carboxylic acid groups (broad SMARTS) is 1. The van der Waals surface area contributed by atoms with E-state index in [2.05, 4.69) is 4.98 Å². The highest BCUT2D eigenvalue weighted by Crippen LogP contribution is 2.22. The summed E-state index contributed by atoms with van der Waals surface area (Å²) in [6.45, 7) is 0. The highest BCUT2D eigenvalue weighted by Gasteiger charge is 2.11. The lowest BCUT2D eigenvalue weighted by Gasteiger charge is -2.03. The lowest BCUT2D eigenvalue weighted by atomic mass is 10.1. The SMILES string of the molecule is O=C(O)c1ccc(F)c(-c2ccc(Cl)cc2)n1. The van der Waals surface area contributed by atoms with Gasteiger partial charge in [0.05, 0.1) is 0 Å². The van der Waals surface area contributed by atoms with Gasteiger partial charge in [0.2, 0.25) is 0 Å². The van der Waals surface area contributed by atoms with Crippen molar-refractivity contribution in [2.24, 2.45) is 0 Å². The normalized spacial score (nSPS) is 10.2. The summed E-state index contributed by atoms with van der Waals surface area (Å²) >= 11 is 5.71. The van der Waals surface area contributed by atoms with Crippen LogP contribution in [0.4, 0.5) is 4.39 Å². The molecule has 1 aromatic heterocycles. The van der Waals surface area contributed by atoms with Crippen molar-refractivity contribution in [2.75, 3.05) is 0 Å². The van der Waals surface area contributed by atoms with Gasteiger partial charge in [-0.3, -0.25) is 0 Å². The second kappa shape index (κ2) is 4.51. The average Bonchev–Trinajstić information content (AvgIpc) is 2.31. The zero-order valence-corrected chi connectivity index (χ0v) is 9.28. The Hall–Kier alpha value is -1.94. The molecule has 3 nitrogen and oxygen atoms in total. The van der Waals surface area contributed by atoms with Crippen LogP contribution in [-0.4, -0.2) is 16.1 Å². The number of hydrogen-bond acceptors (Lipinski definition) is 2. The van der Waals surface area contributed by atoms with Gasteiger partial charge in [-0.2, -0.15) is 0 Å². The van der Waals surface area contributed by atoms with Gasteiger partial charge in [-0.25, -0.2) is 14.2 Å². The number of pyridine rings is 1. The van der Waals surface area contributed by atoms with Crippen molar-refractivity contribution in [3.05, 3.63) is 52.9 Å². The molecular formula is C12H7ClFNO2. The van der Waals surface area contributed by atoms with Gasteiger partial charge >= 0.3 is 5.97 Å². The molecule has 1 heterocycles. The number of nitrogens with zero attached hydrogens (tertiary/aromatic N) is 1. The molecule has 0 saturated heterocycles. The van der Waals surface area contributed by atoms with E-state index in [1.807, 2.05) is 0 Å². The molecule has 0 saturated carbocycles. The third kappa shape index (κ3) is 2.42. The Morgan fingerprint density at radius 1 is 1.18 bits per heavy atom. The molecule has 0 amide bonds. The first-order valence-electron chi connectivity index (χ1n) is 4.73. The highest BCUT2D eigenvalue weighted by atomic mass is 35.5. The Kier molecular flexibility index (Phi) is 3.06. The van der Waals surface area contributed by atoms with Crippen LogP contribution in [0.15, 0.2) is 36.4 Å². The van der Waals surface area contributed by atoms with Crippen molar-refractivity contribution in [3.8, 4) is 11.3 Å². The van der Waals surface area contributed by atoms with Gasteiger partial charge < -0.3 is 5.11 Å². The van der Waals surface area contributed by atoms with E-state index in [4.69, 9.17) is 16.7 Å². The van der Waals surface area contributed by atoms with E-state index in [0.29, 0.717) is 10.6 Å². The fourth-order valence-electron chi connectivity index (χ4n) is 1.37. The minimum Gasteiger partial charge on any atom is -0.477 e. The maximum atomic E-state index is 13.5. The average molecular weight is 252 g/mol. The molecule has 0 radical (unpaired) electrons. The number of benzene rings is 1. The number of rotatable bonds is 2. The van der Waals surface area contributed by atoms with Crippen LogP contribution in [0.2, 0.25) is 5.02 Å². The van der Waals surface area contributed by atoms with Crippen molar-refractivity contribution in [3.63, 3.8) is 0 Å². The predicted molar refractivity (Wildman–Crippen MR) is 61.6 cm³/mol. The predicted octanol–water partition coefficient (Wildman–Crippen LogP) is 3.24. The minimum atomic E-state index is -1.19. The van der Waals surface area contributed by atoms with Crippen LogP contribution in [-0.2, 0) is 0 Å². The third-order valence-electron chi connectivity index (χ3n) is 2.18. The molecule has 0 bridgehead atoms.